The molecule has 0 amide bonds. The van der Waals surface area contributed by atoms with Crippen molar-refractivity contribution in [3.8, 4) is 34.5 Å². The second-order valence-electron chi connectivity index (χ2n) is 17.4. The molecule has 3 aliphatic rings. The first-order chi connectivity index (χ1) is 25.1. The highest BCUT2D eigenvalue weighted by molar-refractivity contribution is 6.27. The molecule has 0 fully saturated rings. The van der Waals surface area contributed by atoms with Gasteiger partial charge >= 0.3 is 17.9 Å². The molecule has 0 aliphatic carbocycles. The average Bonchev–Trinajstić information content (AvgIpc) is 3.76. The molecule has 0 spiro atoms. The number of benzene rings is 4. The van der Waals surface area contributed by atoms with Crippen molar-refractivity contribution in [3.05, 3.63) is 36.4 Å². The highest BCUT2D eigenvalue weighted by Gasteiger charge is 2.56. The zero-order valence-corrected chi connectivity index (χ0v) is 33.0. The summed E-state index contributed by atoms with van der Waals surface area (Å²) in [5.41, 5.74) is -1.92. The smallest absolute Gasteiger partial charge is 0.313 e. The maximum Gasteiger partial charge on any atom is 0.313 e. The van der Waals surface area contributed by atoms with Crippen molar-refractivity contribution in [2.75, 3.05) is 21.3 Å². The Kier molecular flexibility index (Phi) is 8.22. The maximum absolute atomic E-state index is 12.7. The van der Waals surface area contributed by atoms with Crippen LogP contribution in [0.4, 0.5) is 0 Å². The normalized spacial score (nSPS) is 22.9. The fourth-order valence-corrected chi connectivity index (χ4v) is 7.34. The fourth-order valence-electron chi connectivity index (χ4n) is 7.34. The van der Waals surface area contributed by atoms with E-state index in [4.69, 9.17) is 42.6 Å². The van der Waals surface area contributed by atoms with Crippen LogP contribution < -0.4 is 28.4 Å². The Hall–Kier alpha value is -5.13. The van der Waals surface area contributed by atoms with E-state index in [1.807, 2.05) is 98.7 Å². The third-order valence-corrected chi connectivity index (χ3v) is 11.0. The first-order valence-electron chi connectivity index (χ1n) is 18.0. The summed E-state index contributed by atoms with van der Waals surface area (Å²) < 4.78 is 54.7. The molecule has 0 unspecified atom stereocenters. The van der Waals surface area contributed by atoms with Crippen LogP contribution in [0.3, 0.4) is 0 Å². The lowest BCUT2D eigenvalue weighted by Gasteiger charge is -2.38. The minimum absolute atomic E-state index is 0.138. The number of carbonyl (C=O) groups is 3. The van der Waals surface area contributed by atoms with E-state index in [2.05, 4.69) is 0 Å². The second kappa shape index (κ2) is 11.9. The lowest BCUT2D eigenvalue weighted by Crippen LogP contribution is -2.52. The van der Waals surface area contributed by atoms with E-state index in [1.165, 1.54) is 21.3 Å². The molecular formula is C42H48O12. The fraction of sp³-hybridized carbons (Fsp3) is 0.500. The van der Waals surface area contributed by atoms with E-state index < -0.39 is 51.5 Å². The lowest BCUT2D eigenvalue weighted by atomic mass is 9.83. The van der Waals surface area contributed by atoms with Crippen molar-refractivity contribution in [1.82, 2.24) is 0 Å². The summed E-state index contributed by atoms with van der Waals surface area (Å²) >= 11 is 0. The Morgan fingerprint density at radius 3 is 0.704 bits per heavy atom. The number of ether oxygens (including phenoxy) is 9. The summed E-state index contributed by atoms with van der Waals surface area (Å²) in [5.74, 6) is -2.70. The standard InChI is InChI=1S/C42H48O12/c1-37(2,3)40(19-34(43)46-10)49-28-13-22-23(14-29(28)50-40)25-16-31-33(54-42(52-31,39(7,8)9)21-36(45)48-12)18-27(25)26-17-32-30(15-24(22)26)51-41(53-32,38(4,5)6)20-35(44)47-11/h13-18H,19-21H2,1-12H3. The molecule has 7 rings (SSSR count). The van der Waals surface area contributed by atoms with Crippen LogP contribution >= 0.6 is 0 Å². The molecule has 3 aliphatic heterocycles. The highest BCUT2D eigenvalue weighted by Crippen LogP contribution is 2.57. The van der Waals surface area contributed by atoms with E-state index in [1.54, 1.807) is 0 Å². The molecule has 3 heterocycles. The number of esters is 3. The van der Waals surface area contributed by atoms with Crippen molar-refractivity contribution in [2.45, 2.75) is 98.9 Å². The molecule has 0 N–H and O–H groups in total. The number of hydrogen-bond acceptors (Lipinski definition) is 12. The molecule has 0 radical (unpaired) electrons. The van der Waals surface area contributed by atoms with E-state index in [9.17, 15) is 14.4 Å². The van der Waals surface area contributed by atoms with Gasteiger partial charge in [0, 0.05) is 16.2 Å². The van der Waals surface area contributed by atoms with E-state index in [0.717, 1.165) is 32.3 Å². The summed E-state index contributed by atoms with van der Waals surface area (Å²) in [7, 11) is 4.00. The monoisotopic (exact) mass is 744 g/mol. The molecule has 54 heavy (non-hydrogen) atoms. The number of hydrogen-bond donors (Lipinski definition) is 0. The first-order valence-corrected chi connectivity index (χ1v) is 18.0. The number of rotatable bonds is 6. The molecule has 12 nitrogen and oxygen atoms in total. The molecule has 0 aromatic heterocycles. The van der Waals surface area contributed by atoms with Gasteiger partial charge in [0.25, 0.3) is 17.4 Å². The van der Waals surface area contributed by atoms with Gasteiger partial charge in [0.05, 0.1) is 21.3 Å². The minimum atomic E-state index is -1.35. The molecule has 0 saturated heterocycles. The number of carbonyl (C=O) groups excluding carboxylic acids is 3. The van der Waals surface area contributed by atoms with Gasteiger partial charge in [-0.25, -0.2) is 0 Å². The van der Waals surface area contributed by atoms with Gasteiger partial charge in [-0.3, -0.25) is 14.4 Å². The Labute approximate surface area is 314 Å². The summed E-state index contributed by atoms with van der Waals surface area (Å²) in [6, 6.07) is 11.5. The number of fused-ring (bicyclic) bond motifs is 9. The summed E-state index contributed by atoms with van der Waals surface area (Å²) in [6.07, 6.45) is -0.414. The van der Waals surface area contributed by atoms with Gasteiger partial charge in [-0.1, -0.05) is 62.3 Å². The van der Waals surface area contributed by atoms with Crippen LogP contribution in [0.5, 0.6) is 34.5 Å². The van der Waals surface area contributed by atoms with E-state index in [-0.39, 0.29) is 19.3 Å². The predicted octanol–water partition coefficient (Wildman–Crippen LogP) is 8.38. The van der Waals surface area contributed by atoms with Crippen LogP contribution in [-0.4, -0.2) is 56.6 Å². The second-order valence-corrected chi connectivity index (χ2v) is 17.4. The van der Waals surface area contributed by atoms with Gasteiger partial charge in [-0.2, -0.15) is 0 Å². The molecule has 4 aromatic rings. The third kappa shape index (κ3) is 5.59. The van der Waals surface area contributed by atoms with Crippen LogP contribution in [-0.2, 0) is 28.6 Å². The minimum Gasteiger partial charge on any atom is -0.469 e. The van der Waals surface area contributed by atoms with Crippen LogP contribution in [0.1, 0.15) is 81.6 Å². The van der Waals surface area contributed by atoms with Crippen molar-refractivity contribution in [2.24, 2.45) is 16.2 Å². The Balaban J connectivity index is 1.49. The third-order valence-electron chi connectivity index (χ3n) is 11.0. The van der Waals surface area contributed by atoms with Crippen molar-refractivity contribution < 1.29 is 57.0 Å². The molecule has 288 valence electrons. The molecule has 0 bridgehead atoms. The van der Waals surface area contributed by atoms with Crippen molar-refractivity contribution in [3.63, 3.8) is 0 Å². The van der Waals surface area contributed by atoms with Crippen LogP contribution in [0.15, 0.2) is 36.4 Å². The maximum atomic E-state index is 12.7. The molecular weight excluding hydrogens is 696 g/mol. The van der Waals surface area contributed by atoms with Crippen LogP contribution in [0.25, 0.3) is 32.3 Å². The summed E-state index contributed by atoms with van der Waals surface area (Å²) in [5, 5.41) is 4.78. The zero-order valence-electron chi connectivity index (χ0n) is 33.0. The predicted molar refractivity (Wildman–Crippen MR) is 199 cm³/mol. The van der Waals surface area contributed by atoms with Gasteiger partial charge in [0.15, 0.2) is 34.5 Å². The first kappa shape index (κ1) is 37.2. The largest absolute Gasteiger partial charge is 0.469 e. The van der Waals surface area contributed by atoms with Crippen molar-refractivity contribution in [1.29, 1.82) is 0 Å². The topological polar surface area (TPSA) is 134 Å². The summed E-state index contributed by atoms with van der Waals surface area (Å²) in [4.78, 5) is 38.1. The Morgan fingerprint density at radius 1 is 0.407 bits per heavy atom. The van der Waals surface area contributed by atoms with Crippen molar-refractivity contribution >= 4 is 50.2 Å². The SMILES string of the molecule is COC(=O)CC1(C(C)(C)C)Oc2cc3c4cc5c(cc4c4cc6c(cc4c3cc2O1)OC(CC(=O)OC)(C(C)(C)C)O6)OC(CC(=O)OC)(C(C)(C)C)O5. The quantitative estimate of drug-likeness (QED) is 0.107. The molecule has 12 heteroatoms. The van der Waals surface area contributed by atoms with Gasteiger partial charge in [-0.15, -0.1) is 0 Å². The Bertz CT molecular complexity index is 1860. The lowest BCUT2D eigenvalue weighted by molar-refractivity contribution is -0.183. The molecule has 0 atom stereocenters. The van der Waals surface area contributed by atoms with Gasteiger partial charge in [-0.05, 0) is 68.7 Å². The highest BCUT2D eigenvalue weighted by atomic mass is 16.8. The summed E-state index contributed by atoms with van der Waals surface area (Å²) in [6.45, 7) is 17.5. The zero-order chi connectivity index (χ0) is 39.4. The van der Waals surface area contributed by atoms with Crippen LogP contribution in [0.2, 0.25) is 0 Å². The number of methoxy groups -OCH3 is 3. The van der Waals surface area contributed by atoms with Gasteiger partial charge in [0.1, 0.15) is 19.3 Å². The van der Waals surface area contributed by atoms with Gasteiger partial charge in [0.2, 0.25) is 0 Å². The molecule has 4 aromatic carbocycles. The van der Waals surface area contributed by atoms with Gasteiger partial charge < -0.3 is 42.6 Å². The van der Waals surface area contributed by atoms with E-state index in [0.29, 0.717) is 34.5 Å². The molecule has 0 saturated carbocycles. The van der Waals surface area contributed by atoms with E-state index >= 15 is 0 Å². The average molecular weight is 745 g/mol. The van der Waals surface area contributed by atoms with Crippen LogP contribution in [0, 0.1) is 16.2 Å². The Morgan fingerprint density at radius 2 is 0.574 bits per heavy atom.